The van der Waals surface area contributed by atoms with Crippen molar-refractivity contribution < 1.29 is 18.3 Å². The van der Waals surface area contributed by atoms with Crippen LogP contribution in [0.25, 0.3) is 0 Å². The summed E-state index contributed by atoms with van der Waals surface area (Å²) < 4.78 is 27.7. The summed E-state index contributed by atoms with van der Waals surface area (Å²) in [7, 11) is -3.64. The Labute approximate surface area is 155 Å². The molecule has 7 heteroatoms. The van der Waals surface area contributed by atoms with Crippen LogP contribution in [0.15, 0.2) is 64.0 Å². The van der Waals surface area contributed by atoms with Crippen molar-refractivity contribution in [3.63, 3.8) is 0 Å². The molecule has 1 heterocycles. The molecule has 3 rings (SSSR count). The molecule has 0 radical (unpaired) electrons. The van der Waals surface area contributed by atoms with E-state index in [4.69, 9.17) is 0 Å². The predicted molar refractivity (Wildman–Crippen MR) is 95.3 cm³/mol. The molecule has 0 saturated carbocycles. The van der Waals surface area contributed by atoms with Crippen molar-refractivity contribution in [1.29, 1.82) is 0 Å². The molecule has 2 aromatic carbocycles. The Morgan fingerprint density at radius 3 is 2.08 bits per heavy atom. The summed E-state index contributed by atoms with van der Waals surface area (Å²) >= 11 is 3.28. The van der Waals surface area contributed by atoms with Crippen LogP contribution < -0.4 is 5.11 Å². The van der Waals surface area contributed by atoms with Gasteiger partial charge in [-0.25, -0.2) is 8.42 Å². The average molecular weight is 423 g/mol. The van der Waals surface area contributed by atoms with E-state index < -0.39 is 21.4 Å². The standard InChI is InChI=1S/C18H18BrNO4S/c19-15-6-8-16(9-7-15)25(23,24)20-12-10-18(11-13-20,17(21)22)14-4-2-1-3-5-14/h1-9H,10-13H2,(H,21,22)/p-1. The number of benzene rings is 2. The molecule has 0 N–H and O–H groups in total. The lowest BCUT2D eigenvalue weighted by molar-refractivity contribution is -0.315. The number of hydrogen-bond acceptors (Lipinski definition) is 4. The van der Waals surface area contributed by atoms with Crippen LogP contribution in [0.2, 0.25) is 0 Å². The molecule has 1 aliphatic heterocycles. The molecule has 1 saturated heterocycles. The monoisotopic (exact) mass is 422 g/mol. The summed E-state index contributed by atoms with van der Waals surface area (Å²) in [6.07, 6.45) is 0.379. The lowest BCUT2D eigenvalue weighted by Crippen LogP contribution is -2.53. The fourth-order valence-corrected chi connectivity index (χ4v) is 4.94. The number of nitrogens with zero attached hydrogens (tertiary/aromatic N) is 1. The molecule has 0 aromatic heterocycles. The van der Waals surface area contributed by atoms with Crippen molar-refractivity contribution >= 4 is 31.9 Å². The number of sulfonamides is 1. The SMILES string of the molecule is O=C([O-])C1(c2ccccc2)CCN(S(=O)(=O)c2ccc(Br)cc2)CC1. The van der Waals surface area contributed by atoms with Crippen molar-refractivity contribution in [3.8, 4) is 0 Å². The third-order valence-electron chi connectivity index (χ3n) is 4.74. The zero-order valence-corrected chi connectivity index (χ0v) is 15.8. The lowest BCUT2D eigenvalue weighted by atomic mass is 9.73. The molecule has 0 amide bonds. The van der Waals surface area contributed by atoms with Crippen molar-refractivity contribution in [2.24, 2.45) is 0 Å². The van der Waals surface area contributed by atoms with Crippen LogP contribution in [-0.4, -0.2) is 31.8 Å². The van der Waals surface area contributed by atoms with Gasteiger partial charge >= 0.3 is 0 Å². The van der Waals surface area contributed by atoms with Gasteiger partial charge in [0, 0.05) is 23.0 Å². The number of rotatable bonds is 4. The zero-order chi connectivity index (χ0) is 18.1. The highest BCUT2D eigenvalue weighted by Crippen LogP contribution is 2.36. The zero-order valence-electron chi connectivity index (χ0n) is 13.4. The highest BCUT2D eigenvalue weighted by atomic mass is 79.9. The molecule has 0 unspecified atom stereocenters. The first-order valence-electron chi connectivity index (χ1n) is 7.89. The molecule has 132 valence electrons. The van der Waals surface area contributed by atoms with E-state index in [0.717, 1.165) is 4.47 Å². The normalized spacial score (nSPS) is 18.0. The second kappa shape index (κ2) is 6.90. The number of carbonyl (C=O) groups excluding carboxylic acids is 1. The third-order valence-corrected chi connectivity index (χ3v) is 7.19. The van der Waals surface area contributed by atoms with Crippen molar-refractivity contribution in [2.45, 2.75) is 23.2 Å². The Balaban J connectivity index is 1.85. The highest BCUT2D eigenvalue weighted by Gasteiger charge is 2.40. The molecule has 0 atom stereocenters. The molecule has 0 spiro atoms. The number of hydrogen-bond donors (Lipinski definition) is 0. The number of carboxylic acid groups (broad SMARTS) is 1. The fraction of sp³-hybridized carbons (Fsp3) is 0.278. The number of halogens is 1. The van der Waals surface area contributed by atoms with E-state index in [1.807, 2.05) is 6.07 Å². The lowest BCUT2D eigenvalue weighted by Gasteiger charge is -2.42. The summed E-state index contributed by atoms with van der Waals surface area (Å²) in [4.78, 5) is 12.1. The number of aliphatic carboxylic acids is 1. The molecule has 5 nitrogen and oxygen atoms in total. The maximum absolute atomic E-state index is 12.8. The van der Waals surface area contributed by atoms with Gasteiger partial charge in [-0.05, 0) is 42.7 Å². The minimum atomic E-state index is -3.64. The fourth-order valence-electron chi connectivity index (χ4n) is 3.23. The third kappa shape index (κ3) is 3.36. The highest BCUT2D eigenvalue weighted by molar-refractivity contribution is 9.10. The topological polar surface area (TPSA) is 77.5 Å². The Kier molecular flexibility index (Phi) is 4.99. The number of piperidine rings is 1. The van der Waals surface area contributed by atoms with Crippen LogP contribution in [0.5, 0.6) is 0 Å². The van der Waals surface area contributed by atoms with Crippen LogP contribution in [0, 0.1) is 0 Å². The minimum Gasteiger partial charge on any atom is -0.549 e. The second-order valence-corrected chi connectivity index (χ2v) is 8.95. The van der Waals surface area contributed by atoms with Crippen molar-refractivity contribution in [1.82, 2.24) is 4.31 Å². The summed E-state index contributed by atoms with van der Waals surface area (Å²) in [5.41, 5.74) is -0.483. The Morgan fingerprint density at radius 2 is 1.56 bits per heavy atom. The largest absolute Gasteiger partial charge is 0.549 e. The molecular weight excluding hydrogens is 406 g/mol. The maximum atomic E-state index is 12.8. The molecule has 1 aliphatic rings. The van der Waals surface area contributed by atoms with E-state index in [-0.39, 0.29) is 30.8 Å². The molecule has 25 heavy (non-hydrogen) atoms. The predicted octanol–water partition coefficient (Wildman–Crippen LogP) is 1.92. The van der Waals surface area contributed by atoms with Gasteiger partial charge in [-0.3, -0.25) is 0 Å². The van der Waals surface area contributed by atoms with Crippen molar-refractivity contribution in [3.05, 3.63) is 64.6 Å². The molecule has 2 aromatic rings. The summed E-state index contributed by atoms with van der Waals surface area (Å²) in [6, 6.07) is 15.3. The van der Waals surface area contributed by atoms with Gasteiger partial charge in [0.15, 0.2) is 0 Å². The van der Waals surface area contributed by atoms with E-state index in [1.165, 1.54) is 16.4 Å². The first-order chi connectivity index (χ1) is 11.9. The summed E-state index contributed by atoms with van der Waals surface area (Å²) in [5, 5.41) is 11.9. The Bertz CT molecular complexity index is 858. The average Bonchev–Trinajstić information content (AvgIpc) is 2.62. The van der Waals surface area contributed by atoms with Gasteiger partial charge in [0.05, 0.1) is 10.9 Å². The number of carboxylic acids is 1. The van der Waals surface area contributed by atoms with Crippen molar-refractivity contribution in [2.75, 3.05) is 13.1 Å². The van der Waals surface area contributed by atoms with Crippen LogP contribution in [0.1, 0.15) is 18.4 Å². The Morgan fingerprint density at radius 1 is 1.00 bits per heavy atom. The molecule has 0 bridgehead atoms. The quantitative estimate of drug-likeness (QED) is 0.753. The van der Waals surface area contributed by atoms with Gasteiger partial charge < -0.3 is 9.90 Å². The van der Waals surface area contributed by atoms with Gasteiger partial charge in [0.25, 0.3) is 0 Å². The van der Waals surface area contributed by atoms with Gasteiger partial charge in [0.1, 0.15) is 0 Å². The van der Waals surface area contributed by atoms with Crippen LogP contribution >= 0.6 is 15.9 Å². The van der Waals surface area contributed by atoms with E-state index in [2.05, 4.69) is 15.9 Å². The van der Waals surface area contributed by atoms with E-state index in [1.54, 1.807) is 36.4 Å². The maximum Gasteiger partial charge on any atom is 0.243 e. The second-order valence-electron chi connectivity index (χ2n) is 6.09. The van der Waals surface area contributed by atoms with Gasteiger partial charge in [-0.2, -0.15) is 4.31 Å². The molecular formula is C18H17BrNO4S-. The van der Waals surface area contributed by atoms with Gasteiger partial charge in [0.2, 0.25) is 10.0 Å². The van der Waals surface area contributed by atoms with E-state index in [0.29, 0.717) is 5.56 Å². The first kappa shape index (κ1) is 18.1. The first-order valence-corrected chi connectivity index (χ1v) is 10.1. The summed E-state index contributed by atoms with van der Waals surface area (Å²) in [5.74, 6) is -1.15. The minimum absolute atomic E-state index is 0.140. The van der Waals surface area contributed by atoms with Gasteiger partial charge in [-0.1, -0.05) is 46.3 Å². The smallest absolute Gasteiger partial charge is 0.243 e. The number of carbonyl (C=O) groups is 1. The molecule has 1 fully saturated rings. The van der Waals surface area contributed by atoms with Crippen LogP contribution in [-0.2, 0) is 20.2 Å². The van der Waals surface area contributed by atoms with E-state index in [9.17, 15) is 18.3 Å². The van der Waals surface area contributed by atoms with E-state index >= 15 is 0 Å². The van der Waals surface area contributed by atoms with Crippen LogP contribution in [0.4, 0.5) is 0 Å². The molecule has 0 aliphatic carbocycles. The summed E-state index contributed by atoms with van der Waals surface area (Å²) in [6.45, 7) is 0.280. The van der Waals surface area contributed by atoms with Gasteiger partial charge in [-0.15, -0.1) is 0 Å². The Hall–Kier alpha value is -1.70. The van der Waals surface area contributed by atoms with Crippen LogP contribution in [0.3, 0.4) is 0 Å².